The number of halogens is 1. The molecule has 0 saturated carbocycles. The van der Waals surface area contributed by atoms with E-state index in [0.717, 1.165) is 0 Å². The second-order valence-corrected chi connectivity index (χ2v) is 2.15. The van der Waals surface area contributed by atoms with Crippen LogP contribution in [0.25, 0.3) is 0 Å². The van der Waals surface area contributed by atoms with E-state index in [4.69, 9.17) is 16.9 Å². The van der Waals surface area contributed by atoms with Crippen molar-refractivity contribution in [3.05, 3.63) is 28.5 Å². The van der Waals surface area contributed by atoms with Crippen LogP contribution in [-0.2, 0) is 0 Å². The SMILES string of the molecule is N#Cc1c(C=O)ccnc1Cl. The maximum Gasteiger partial charge on any atom is 0.151 e. The number of rotatable bonds is 1. The molecule has 1 aromatic heterocycles. The highest BCUT2D eigenvalue weighted by atomic mass is 35.5. The molecule has 0 fully saturated rings. The molecule has 0 aliphatic heterocycles. The third kappa shape index (κ3) is 1.36. The van der Waals surface area contributed by atoms with Crippen LogP contribution in [0.4, 0.5) is 0 Å². The fourth-order valence-corrected chi connectivity index (χ4v) is 0.867. The third-order valence-electron chi connectivity index (χ3n) is 1.18. The van der Waals surface area contributed by atoms with E-state index in [2.05, 4.69) is 4.98 Å². The highest BCUT2D eigenvalue weighted by molar-refractivity contribution is 6.30. The van der Waals surface area contributed by atoms with E-state index in [1.54, 1.807) is 6.07 Å². The summed E-state index contributed by atoms with van der Waals surface area (Å²) in [6.07, 6.45) is 1.96. The van der Waals surface area contributed by atoms with E-state index in [-0.39, 0.29) is 16.3 Å². The molecule has 1 rings (SSSR count). The number of carbonyl (C=O) groups is 1. The Morgan fingerprint density at radius 3 is 2.91 bits per heavy atom. The number of hydrogen-bond donors (Lipinski definition) is 0. The fraction of sp³-hybridized carbons (Fsp3) is 0. The summed E-state index contributed by atoms with van der Waals surface area (Å²) in [6, 6.07) is 3.23. The van der Waals surface area contributed by atoms with Crippen LogP contribution in [0.2, 0.25) is 5.15 Å². The standard InChI is InChI=1S/C7H3ClN2O/c8-7-6(3-9)5(4-11)1-2-10-7/h1-2,4H. The lowest BCUT2D eigenvalue weighted by molar-refractivity contribution is 0.112. The van der Waals surface area contributed by atoms with Gasteiger partial charge in [-0.2, -0.15) is 5.26 Å². The summed E-state index contributed by atoms with van der Waals surface area (Å²) in [5, 5.41) is 8.56. The summed E-state index contributed by atoms with van der Waals surface area (Å²) in [6.45, 7) is 0. The zero-order valence-corrected chi connectivity index (χ0v) is 6.17. The lowest BCUT2D eigenvalue weighted by Gasteiger charge is -1.94. The lowest BCUT2D eigenvalue weighted by atomic mass is 10.2. The molecule has 1 heterocycles. The Balaban J connectivity index is 3.38. The second-order valence-electron chi connectivity index (χ2n) is 1.80. The van der Waals surface area contributed by atoms with Crippen molar-refractivity contribution in [2.24, 2.45) is 0 Å². The number of aromatic nitrogens is 1. The average Bonchev–Trinajstić information content (AvgIpc) is 2.04. The van der Waals surface area contributed by atoms with Crippen molar-refractivity contribution in [3.63, 3.8) is 0 Å². The van der Waals surface area contributed by atoms with Crippen molar-refractivity contribution in [2.75, 3.05) is 0 Å². The second kappa shape index (κ2) is 3.13. The Bertz CT molecular complexity index is 330. The largest absolute Gasteiger partial charge is 0.298 e. The summed E-state index contributed by atoms with van der Waals surface area (Å²) in [4.78, 5) is 13.9. The molecule has 0 radical (unpaired) electrons. The average molecular weight is 167 g/mol. The number of carbonyl (C=O) groups excluding carboxylic acids is 1. The number of hydrogen-bond acceptors (Lipinski definition) is 3. The molecule has 0 N–H and O–H groups in total. The fourth-order valence-electron chi connectivity index (χ4n) is 0.659. The smallest absolute Gasteiger partial charge is 0.151 e. The van der Waals surface area contributed by atoms with Crippen LogP contribution in [0.1, 0.15) is 15.9 Å². The topological polar surface area (TPSA) is 53.8 Å². The van der Waals surface area contributed by atoms with Crippen molar-refractivity contribution in [1.29, 1.82) is 5.26 Å². The van der Waals surface area contributed by atoms with Crippen molar-refractivity contribution >= 4 is 17.9 Å². The summed E-state index contributed by atoms with van der Waals surface area (Å²) >= 11 is 5.52. The van der Waals surface area contributed by atoms with Gasteiger partial charge >= 0.3 is 0 Å². The van der Waals surface area contributed by atoms with Crippen LogP contribution in [0.5, 0.6) is 0 Å². The van der Waals surface area contributed by atoms with Gasteiger partial charge in [0.1, 0.15) is 11.2 Å². The van der Waals surface area contributed by atoms with Crippen LogP contribution >= 0.6 is 11.6 Å². The highest BCUT2D eigenvalue weighted by Gasteiger charge is 2.04. The third-order valence-corrected chi connectivity index (χ3v) is 1.46. The van der Waals surface area contributed by atoms with Gasteiger partial charge in [-0.1, -0.05) is 11.6 Å². The van der Waals surface area contributed by atoms with Crippen LogP contribution in [-0.4, -0.2) is 11.3 Å². The van der Waals surface area contributed by atoms with Gasteiger partial charge in [0.25, 0.3) is 0 Å². The maximum absolute atomic E-state index is 10.3. The van der Waals surface area contributed by atoms with Crippen LogP contribution in [0.15, 0.2) is 12.3 Å². The first kappa shape index (κ1) is 7.70. The molecule has 11 heavy (non-hydrogen) atoms. The Morgan fingerprint density at radius 2 is 2.45 bits per heavy atom. The van der Waals surface area contributed by atoms with Crippen molar-refractivity contribution in [3.8, 4) is 6.07 Å². The molecule has 0 unspecified atom stereocenters. The van der Waals surface area contributed by atoms with Gasteiger partial charge in [-0.05, 0) is 6.07 Å². The molecular formula is C7H3ClN2O. The van der Waals surface area contributed by atoms with Crippen LogP contribution < -0.4 is 0 Å². The van der Waals surface area contributed by atoms with E-state index in [9.17, 15) is 4.79 Å². The van der Waals surface area contributed by atoms with Gasteiger partial charge in [0, 0.05) is 11.8 Å². The maximum atomic E-state index is 10.3. The van der Waals surface area contributed by atoms with E-state index < -0.39 is 0 Å². The van der Waals surface area contributed by atoms with Gasteiger partial charge in [-0.25, -0.2) is 4.98 Å². The Labute approximate surface area is 68.2 Å². The first-order valence-corrected chi connectivity index (χ1v) is 3.17. The monoisotopic (exact) mass is 166 g/mol. The summed E-state index contributed by atoms with van der Waals surface area (Å²) < 4.78 is 0. The molecular weight excluding hydrogens is 164 g/mol. The Hall–Kier alpha value is -1.40. The van der Waals surface area contributed by atoms with Gasteiger partial charge in [0.05, 0.1) is 5.56 Å². The van der Waals surface area contributed by atoms with E-state index in [1.807, 2.05) is 0 Å². The van der Waals surface area contributed by atoms with Crippen molar-refractivity contribution in [2.45, 2.75) is 0 Å². The normalized spacial score (nSPS) is 8.73. The number of nitriles is 1. The Kier molecular flexibility index (Phi) is 2.19. The molecule has 0 spiro atoms. The van der Waals surface area contributed by atoms with E-state index in [0.29, 0.717) is 6.29 Å². The molecule has 0 aromatic carbocycles. The minimum Gasteiger partial charge on any atom is -0.298 e. The summed E-state index contributed by atoms with van der Waals surface area (Å²) in [5.41, 5.74) is 0.400. The molecule has 0 aliphatic carbocycles. The zero-order valence-electron chi connectivity index (χ0n) is 5.41. The predicted octanol–water partition coefficient (Wildman–Crippen LogP) is 1.42. The van der Waals surface area contributed by atoms with Crippen LogP contribution in [0.3, 0.4) is 0 Å². The summed E-state index contributed by atoms with van der Waals surface area (Å²) in [5.74, 6) is 0. The number of pyridine rings is 1. The molecule has 3 nitrogen and oxygen atoms in total. The first-order valence-electron chi connectivity index (χ1n) is 2.79. The summed E-state index contributed by atoms with van der Waals surface area (Å²) in [7, 11) is 0. The number of nitrogens with zero attached hydrogens (tertiary/aromatic N) is 2. The molecule has 1 aromatic rings. The molecule has 0 amide bonds. The molecule has 0 aliphatic rings. The minimum absolute atomic E-state index is 0.0668. The lowest BCUT2D eigenvalue weighted by Crippen LogP contribution is -1.89. The van der Waals surface area contributed by atoms with Crippen molar-refractivity contribution in [1.82, 2.24) is 4.98 Å². The number of aldehydes is 1. The van der Waals surface area contributed by atoms with Crippen LogP contribution in [0, 0.1) is 11.3 Å². The van der Waals surface area contributed by atoms with E-state index >= 15 is 0 Å². The Morgan fingerprint density at radius 1 is 1.73 bits per heavy atom. The molecule has 0 bridgehead atoms. The van der Waals surface area contributed by atoms with Gasteiger partial charge in [-0.3, -0.25) is 4.79 Å². The highest BCUT2D eigenvalue weighted by Crippen LogP contribution is 2.13. The van der Waals surface area contributed by atoms with Gasteiger partial charge in [0.15, 0.2) is 6.29 Å². The molecule has 0 atom stereocenters. The quantitative estimate of drug-likeness (QED) is 0.468. The van der Waals surface area contributed by atoms with Gasteiger partial charge < -0.3 is 0 Å². The van der Waals surface area contributed by atoms with Gasteiger partial charge in [-0.15, -0.1) is 0 Å². The zero-order chi connectivity index (χ0) is 8.27. The molecule has 54 valence electrons. The van der Waals surface area contributed by atoms with Gasteiger partial charge in [0.2, 0.25) is 0 Å². The van der Waals surface area contributed by atoms with E-state index in [1.165, 1.54) is 12.3 Å². The first-order chi connectivity index (χ1) is 5.29. The molecule has 0 saturated heterocycles. The minimum atomic E-state index is 0.0668. The van der Waals surface area contributed by atoms with Crippen molar-refractivity contribution < 1.29 is 4.79 Å². The predicted molar refractivity (Wildman–Crippen MR) is 39.3 cm³/mol. The molecule has 4 heteroatoms.